The first-order valence-corrected chi connectivity index (χ1v) is 7.50. The molecule has 0 aromatic heterocycles. The van der Waals surface area contributed by atoms with E-state index in [9.17, 15) is 5.11 Å². The zero-order valence-electron chi connectivity index (χ0n) is 11.1. The van der Waals surface area contributed by atoms with Crippen LogP contribution in [0, 0.1) is 0 Å². The Bertz CT molecular complexity index is 614. The lowest BCUT2D eigenvalue weighted by Gasteiger charge is -2.16. The van der Waals surface area contributed by atoms with Gasteiger partial charge < -0.3 is 14.6 Å². The highest BCUT2D eigenvalue weighted by Gasteiger charge is 2.16. The Morgan fingerprint density at radius 1 is 0.950 bits per heavy atom. The molecule has 0 bridgehead atoms. The van der Waals surface area contributed by atoms with E-state index in [1.165, 1.54) is 0 Å². The summed E-state index contributed by atoms with van der Waals surface area (Å²) in [5, 5.41) is 10.5. The van der Waals surface area contributed by atoms with Gasteiger partial charge in [-0.1, -0.05) is 37.9 Å². The van der Waals surface area contributed by atoms with Crippen LogP contribution in [-0.4, -0.2) is 19.3 Å². The van der Waals surface area contributed by atoms with Gasteiger partial charge in [-0.3, -0.25) is 0 Å². The quantitative estimate of drug-likeness (QED) is 0.829. The number of aliphatic hydroxyl groups is 1. The maximum absolute atomic E-state index is 10.5. The number of halogens is 2. The molecule has 0 heterocycles. The number of aliphatic hydroxyl groups excluding tert-OH is 1. The van der Waals surface area contributed by atoms with Crippen molar-refractivity contribution in [3.8, 4) is 11.5 Å². The predicted octanol–water partition coefficient (Wildman–Crippen LogP) is 4.31. The number of methoxy groups -OCH3 is 2. The van der Waals surface area contributed by atoms with Gasteiger partial charge in [0.25, 0.3) is 0 Å². The Kier molecular flexibility index (Phi) is 5.07. The molecule has 0 aliphatic heterocycles. The second-order valence-electron chi connectivity index (χ2n) is 4.18. The van der Waals surface area contributed by atoms with E-state index in [0.717, 1.165) is 20.1 Å². The minimum Gasteiger partial charge on any atom is -0.493 e. The normalized spacial score (nSPS) is 12.1. The van der Waals surface area contributed by atoms with E-state index in [2.05, 4.69) is 31.9 Å². The first-order chi connectivity index (χ1) is 9.56. The molecule has 1 unspecified atom stereocenters. The molecule has 1 N–H and O–H groups in total. The highest BCUT2D eigenvalue weighted by molar-refractivity contribution is 9.11. The monoisotopic (exact) mass is 400 g/mol. The van der Waals surface area contributed by atoms with E-state index in [0.29, 0.717) is 11.5 Å². The van der Waals surface area contributed by atoms with Gasteiger partial charge in [-0.2, -0.15) is 0 Å². The third-order valence-electron chi connectivity index (χ3n) is 2.98. The molecule has 5 heteroatoms. The summed E-state index contributed by atoms with van der Waals surface area (Å²) in [4.78, 5) is 0. The smallest absolute Gasteiger partial charge is 0.161 e. The summed E-state index contributed by atoms with van der Waals surface area (Å²) in [6.07, 6.45) is -0.748. The molecule has 2 rings (SSSR count). The van der Waals surface area contributed by atoms with Crippen molar-refractivity contribution in [3.05, 3.63) is 56.5 Å². The Hall–Kier alpha value is -1.04. The minimum atomic E-state index is -0.748. The van der Waals surface area contributed by atoms with Crippen LogP contribution >= 0.6 is 31.9 Å². The standard InChI is InChI=1S/C15H14Br2O3/c1-19-13-6-3-9(7-14(13)20-2)15(18)11-8-10(16)4-5-12(11)17/h3-8,15,18H,1-2H3. The van der Waals surface area contributed by atoms with Gasteiger partial charge in [0.05, 0.1) is 14.2 Å². The predicted molar refractivity (Wildman–Crippen MR) is 85.4 cm³/mol. The maximum Gasteiger partial charge on any atom is 0.161 e. The van der Waals surface area contributed by atoms with E-state index in [1.54, 1.807) is 26.4 Å². The molecule has 106 valence electrons. The summed E-state index contributed by atoms with van der Waals surface area (Å²) in [6, 6.07) is 11.1. The van der Waals surface area contributed by atoms with Gasteiger partial charge >= 0.3 is 0 Å². The largest absolute Gasteiger partial charge is 0.493 e. The highest BCUT2D eigenvalue weighted by Crippen LogP contribution is 2.35. The molecule has 1 atom stereocenters. The lowest BCUT2D eigenvalue weighted by atomic mass is 10.0. The molecule has 20 heavy (non-hydrogen) atoms. The number of rotatable bonds is 4. The number of benzene rings is 2. The van der Waals surface area contributed by atoms with Gasteiger partial charge in [0.2, 0.25) is 0 Å². The van der Waals surface area contributed by atoms with Crippen LogP contribution < -0.4 is 9.47 Å². The zero-order valence-corrected chi connectivity index (χ0v) is 14.2. The second-order valence-corrected chi connectivity index (χ2v) is 5.95. The van der Waals surface area contributed by atoms with Crippen molar-refractivity contribution in [2.75, 3.05) is 14.2 Å². The molecule has 3 nitrogen and oxygen atoms in total. The molecular formula is C15H14Br2O3. The average molecular weight is 402 g/mol. The highest BCUT2D eigenvalue weighted by atomic mass is 79.9. The molecule has 0 aliphatic rings. The van der Waals surface area contributed by atoms with E-state index in [-0.39, 0.29) is 0 Å². The first-order valence-electron chi connectivity index (χ1n) is 5.91. The molecule has 0 saturated heterocycles. The van der Waals surface area contributed by atoms with Crippen LogP contribution in [0.5, 0.6) is 11.5 Å². The molecule has 0 saturated carbocycles. The van der Waals surface area contributed by atoms with E-state index in [1.807, 2.05) is 24.3 Å². The van der Waals surface area contributed by atoms with Crippen molar-refractivity contribution in [1.29, 1.82) is 0 Å². The Morgan fingerprint density at radius 2 is 1.65 bits per heavy atom. The second kappa shape index (κ2) is 6.61. The number of ether oxygens (including phenoxy) is 2. The lowest BCUT2D eigenvalue weighted by Crippen LogP contribution is -2.02. The molecular weight excluding hydrogens is 388 g/mol. The van der Waals surface area contributed by atoms with Crippen molar-refractivity contribution in [2.24, 2.45) is 0 Å². The molecule has 2 aromatic rings. The van der Waals surface area contributed by atoms with Crippen molar-refractivity contribution < 1.29 is 14.6 Å². The van der Waals surface area contributed by atoms with Crippen molar-refractivity contribution in [1.82, 2.24) is 0 Å². The summed E-state index contributed by atoms with van der Waals surface area (Å²) >= 11 is 6.87. The Labute approximate surface area is 134 Å². The zero-order chi connectivity index (χ0) is 14.7. The van der Waals surface area contributed by atoms with Gasteiger partial charge in [-0.25, -0.2) is 0 Å². The van der Waals surface area contributed by atoms with Gasteiger partial charge in [0.15, 0.2) is 11.5 Å². The average Bonchev–Trinajstić information content (AvgIpc) is 2.48. The van der Waals surface area contributed by atoms with Crippen LogP contribution in [0.15, 0.2) is 45.3 Å². The van der Waals surface area contributed by atoms with Gasteiger partial charge in [-0.05, 0) is 35.9 Å². The molecule has 0 aliphatic carbocycles. The first kappa shape index (κ1) is 15.4. The van der Waals surface area contributed by atoms with Crippen LogP contribution in [0.4, 0.5) is 0 Å². The molecule has 0 fully saturated rings. The Balaban J connectivity index is 2.42. The molecule has 2 aromatic carbocycles. The number of hydrogen-bond acceptors (Lipinski definition) is 3. The van der Waals surface area contributed by atoms with E-state index < -0.39 is 6.10 Å². The van der Waals surface area contributed by atoms with Crippen LogP contribution in [0.3, 0.4) is 0 Å². The Morgan fingerprint density at radius 3 is 2.30 bits per heavy atom. The van der Waals surface area contributed by atoms with Crippen LogP contribution in [0.1, 0.15) is 17.2 Å². The maximum atomic E-state index is 10.5. The summed E-state index contributed by atoms with van der Waals surface area (Å²) in [5.41, 5.74) is 1.52. The summed E-state index contributed by atoms with van der Waals surface area (Å²) in [7, 11) is 3.15. The van der Waals surface area contributed by atoms with Crippen LogP contribution in [0.25, 0.3) is 0 Å². The fourth-order valence-corrected chi connectivity index (χ4v) is 2.77. The molecule has 0 radical (unpaired) electrons. The van der Waals surface area contributed by atoms with Crippen molar-refractivity contribution in [3.63, 3.8) is 0 Å². The summed E-state index contributed by atoms with van der Waals surface area (Å²) in [5.74, 6) is 1.23. The van der Waals surface area contributed by atoms with Crippen LogP contribution in [0.2, 0.25) is 0 Å². The number of hydrogen-bond donors (Lipinski definition) is 1. The third kappa shape index (κ3) is 3.16. The topological polar surface area (TPSA) is 38.7 Å². The van der Waals surface area contributed by atoms with E-state index in [4.69, 9.17) is 9.47 Å². The van der Waals surface area contributed by atoms with Gasteiger partial charge in [0.1, 0.15) is 6.10 Å². The summed E-state index contributed by atoms with van der Waals surface area (Å²) in [6.45, 7) is 0. The fourth-order valence-electron chi connectivity index (χ4n) is 1.93. The van der Waals surface area contributed by atoms with Crippen LogP contribution in [-0.2, 0) is 0 Å². The molecule has 0 amide bonds. The third-order valence-corrected chi connectivity index (χ3v) is 4.19. The SMILES string of the molecule is COc1ccc(C(O)c2cc(Br)ccc2Br)cc1OC. The van der Waals surface area contributed by atoms with E-state index >= 15 is 0 Å². The van der Waals surface area contributed by atoms with Crippen molar-refractivity contribution in [2.45, 2.75) is 6.10 Å². The van der Waals surface area contributed by atoms with Gasteiger partial charge in [-0.15, -0.1) is 0 Å². The molecule has 0 spiro atoms. The fraction of sp³-hybridized carbons (Fsp3) is 0.200. The minimum absolute atomic E-state index is 0.593. The summed E-state index contributed by atoms with van der Waals surface area (Å²) < 4.78 is 12.2. The van der Waals surface area contributed by atoms with Gasteiger partial charge in [0, 0.05) is 14.5 Å². The van der Waals surface area contributed by atoms with Crippen molar-refractivity contribution >= 4 is 31.9 Å². The lowest BCUT2D eigenvalue weighted by molar-refractivity contribution is 0.218.